The van der Waals surface area contributed by atoms with Crippen molar-refractivity contribution in [2.75, 3.05) is 26.9 Å². The minimum absolute atomic E-state index is 0.538. The molecule has 152 valence electrons. The number of aliphatic imine (C=N–C) groups is 1. The Morgan fingerprint density at radius 3 is 2.71 bits per heavy atom. The summed E-state index contributed by atoms with van der Waals surface area (Å²) in [5, 5.41) is 6.63. The maximum Gasteiger partial charge on any atom is 0.191 e. The Balaban J connectivity index is 2.02. The molecular weight excluding hydrogens is 352 g/mol. The third kappa shape index (κ3) is 7.56. The van der Waals surface area contributed by atoms with E-state index in [1.165, 1.54) is 5.56 Å². The van der Waals surface area contributed by atoms with Gasteiger partial charge in [-0.25, -0.2) is 4.99 Å². The van der Waals surface area contributed by atoms with Crippen molar-refractivity contribution in [1.29, 1.82) is 0 Å². The van der Waals surface area contributed by atoms with Crippen LogP contribution in [0.5, 0.6) is 5.75 Å². The number of hydrogen-bond acceptors (Lipinski definition) is 4. The molecule has 2 aromatic rings. The second-order valence-corrected chi connectivity index (χ2v) is 6.63. The third-order valence-electron chi connectivity index (χ3n) is 4.11. The number of methoxy groups -OCH3 is 1. The van der Waals surface area contributed by atoms with Gasteiger partial charge in [0.2, 0.25) is 0 Å². The van der Waals surface area contributed by atoms with Crippen LogP contribution in [0.25, 0.3) is 0 Å². The van der Waals surface area contributed by atoms with Crippen molar-refractivity contribution >= 4 is 5.96 Å². The average molecular weight is 385 g/mol. The van der Waals surface area contributed by atoms with Crippen molar-refractivity contribution in [3.8, 4) is 5.75 Å². The van der Waals surface area contributed by atoms with Crippen LogP contribution in [-0.2, 0) is 17.8 Å². The number of hydrogen-bond donors (Lipinski definition) is 2. The molecular formula is C22H32N4O2. The highest BCUT2D eigenvalue weighted by atomic mass is 16.5. The molecule has 6 nitrogen and oxygen atoms in total. The minimum Gasteiger partial charge on any atom is -0.493 e. The van der Waals surface area contributed by atoms with Crippen molar-refractivity contribution in [2.24, 2.45) is 4.99 Å². The van der Waals surface area contributed by atoms with Gasteiger partial charge in [0.25, 0.3) is 0 Å². The summed E-state index contributed by atoms with van der Waals surface area (Å²) in [4.78, 5) is 9.24. The second-order valence-electron chi connectivity index (χ2n) is 6.63. The van der Waals surface area contributed by atoms with Crippen molar-refractivity contribution in [3.05, 3.63) is 58.9 Å². The molecule has 0 atom stereocenters. The van der Waals surface area contributed by atoms with Gasteiger partial charge in [0.1, 0.15) is 5.75 Å². The van der Waals surface area contributed by atoms with E-state index in [1.807, 2.05) is 25.1 Å². The monoisotopic (exact) mass is 384 g/mol. The van der Waals surface area contributed by atoms with Crippen molar-refractivity contribution in [3.63, 3.8) is 0 Å². The fraction of sp³-hybridized carbons (Fsp3) is 0.455. The molecule has 6 heteroatoms. The van der Waals surface area contributed by atoms with E-state index in [0.29, 0.717) is 26.3 Å². The van der Waals surface area contributed by atoms with Crippen LogP contribution < -0.4 is 15.4 Å². The number of nitrogens with one attached hydrogen (secondary N) is 2. The molecule has 0 unspecified atom stereocenters. The third-order valence-corrected chi connectivity index (χ3v) is 4.11. The number of guanidine groups is 1. The van der Waals surface area contributed by atoms with Gasteiger partial charge in [-0.05, 0) is 44.5 Å². The van der Waals surface area contributed by atoms with E-state index < -0.39 is 0 Å². The Hall–Kier alpha value is -2.60. The minimum atomic E-state index is 0.538. The number of pyridine rings is 1. The first kappa shape index (κ1) is 21.7. The standard InChI is InChI=1S/C22H32N4O2/c1-5-23-22(25-16-20-9-6-8-18(3)26-20)24-15-19-11-10-17(2)14-21(19)28-13-7-12-27-4/h6,8-11,14H,5,7,12-13,15-16H2,1-4H3,(H2,23,24,25). The molecule has 0 amide bonds. The van der Waals surface area contributed by atoms with E-state index >= 15 is 0 Å². The zero-order valence-corrected chi connectivity index (χ0v) is 17.4. The van der Waals surface area contributed by atoms with Gasteiger partial charge < -0.3 is 20.1 Å². The molecule has 0 radical (unpaired) electrons. The van der Waals surface area contributed by atoms with Crippen LogP contribution >= 0.6 is 0 Å². The van der Waals surface area contributed by atoms with E-state index in [-0.39, 0.29) is 0 Å². The molecule has 0 bridgehead atoms. The molecule has 1 aromatic carbocycles. The van der Waals surface area contributed by atoms with E-state index in [2.05, 4.69) is 47.7 Å². The molecule has 0 saturated heterocycles. The quantitative estimate of drug-likeness (QED) is 0.373. The largest absolute Gasteiger partial charge is 0.493 e. The molecule has 1 aromatic heterocycles. The van der Waals surface area contributed by atoms with Crippen molar-refractivity contribution in [2.45, 2.75) is 40.3 Å². The normalized spacial score (nSPS) is 11.4. The Morgan fingerprint density at radius 1 is 1.11 bits per heavy atom. The van der Waals surface area contributed by atoms with E-state index in [1.54, 1.807) is 7.11 Å². The van der Waals surface area contributed by atoms with Crippen LogP contribution in [0, 0.1) is 13.8 Å². The fourth-order valence-corrected chi connectivity index (χ4v) is 2.69. The van der Waals surface area contributed by atoms with Crippen LogP contribution in [0.1, 0.15) is 35.9 Å². The summed E-state index contributed by atoms with van der Waals surface area (Å²) in [6.45, 7) is 9.40. The number of rotatable bonds is 10. The van der Waals surface area contributed by atoms with E-state index in [0.717, 1.165) is 41.6 Å². The van der Waals surface area contributed by atoms with Gasteiger partial charge in [-0.1, -0.05) is 18.2 Å². The number of nitrogens with zero attached hydrogens (tertiary/aromatic N) is 2. The number of benzene rings is 1. The van der Waals surface area contributed by atoms with Crippen LogP contribution in [0.2, 0.25) is 0 Å². The van der Waals surface area contributed by atoms with Gasteiger partial charge >= 0.3 is 0 Å². The molecule has 0 saturated carbocycles. The Labute approximate surface area is 168 Å². The van der Waals surface area contributed by atoms with Crippen molar-refractivity contribution in [1.82, 2.24) is 15.6 Å². The average Bonchev–Trinajstić information content (AvgIpc) is 2.68. The summed E-state index contributed by atoms with van der Waals surface area (Å²) in [5.74, 6) is 1.65. The molecule has 0 aliphatic heterocycles. The summed E-state index contributed by atoms with van der Waals surface area (Å²) < 4.78 is 11.0. The van der Waals surface area contributed by atoms with Crippen LogP contribution in [-0.4, -0.2) is 37.8 Å². The Bertz CT molecular complexity index is 762. The van der Waals surface area contributed by atoms with E-state index in [9.17, 15) is 0 Å². The highest BCUT2D eigenvalue weighted by Gasteiger charge is 2.06. The molecule has 28 heavy (non-hydrogen) atoms. The van der Waals surface area contributed by atoms with Gasteiger partial charge in [-0.2, -0.15) is 0 Å². The van der Waals surface area contributed by atoms with Gasteiger partial charge in [-0.3, -0.25) is 4.98 Å². The molecule has 0 fully saturated rings. The van der Waals surface area contributed by atoms with Crippen LogP contribution in [0.3, 0.4) is 0 Å². The molecule has 1 heterocycles. The smallest absolute Gasteiger partial charge is 0.191 e. The molecule has 0 spiro atoms. The highest BCUT2D eigenvalue weighted by molar-refractivity contribution is 5.79. The van der Waals surface area contributed by atoms with Gasteiger partial charge in [0, 0.05) is 37.9 Å². The second kappa shape index (κ2) is 12.0. The zero-order chi connectivity index (χ0) is 20.2. The van der Waals surface area contributed by atoms with Crippen molar-refractivity contribution < 1.29 is 9.47 Å². The van der Waals surface area contributed by atoms with Crippen LogP contribution in [0.4, 0.5) is 0 Å². The van der Waals surface area contributed by atoms with Crippen LogP contribution in [0.15, 0.2) is 41.4 Å². The maximum absolute atomic E-state index is 5.95. The number of aryl methyl sites for hydroxylation is 2. The fourth-order valence-electron chi connectivity index (χ4n) is 2.69. The summed E-state index contributed by atoms with van der Waals surface area (Å²) in [6, 6.07) is 12.3. The lowest BCUT2D eigenvalue weighted by molar-refractivity contribution is 0.172. The summed E-state index contributed by atoms with van der Waals surface area (Å²) in [5.41, 5.74) is 4.23. The highest BCUT2D eigenvalue weighted by Crippen LogP contribution is 2.21. The molecule has 2 rings (SSSR count). The molecule has 0 aliphatic rings. The molecule has 0 aliphatic carbocycles. The lowest BCUT2D eigenvalue weighted by Crippen LogP contribution is -2.37. The summed E-state index contributed by atoms with van der Waals surface area (Å²) in [6.07, 6.45) is 0.862. The maximum atomic E-state index is 5.95. The SMILES string of the molecule is CCNC(=NCc1ccc(C)cc1OCCCOC)NCc1cccc(C)n1. The predicted octanol–water partition coefficient (Wildman–Crippen LogP) is 3.37. The van der Waals surface area contributed by atoms with Gasteiger partial charge in [0.15, 0.2) is 5.96 Å². The first-order valence-corrected chi connectivity index (χ1v) is 9.78. The van der Waals surface area contributed by atoms with E-state index in [4.69, 9.17) is 14.5 Å². The predicted molar refractivity (Wildman–Crippen MR) is 114 cm³/mol. The molecule has 2 N–H and O–H groups in total. The number of aromatic nitrogens is 1. The summed E-state index contributed by atoms with van der Waals surface area (Å²) in [7, 11) is 1.70. The Kier molecular flexibility index (Phi) is 9.28. The summed E-state index contributed by atoms with van der Waals surface area (Å²) >= 11 is 0. The van der Waals surface area contributed by atoms with Gasteiger partial charge in [0.05, 0.1) is 25.4 Å². The first-order chi connectivity index (χ1) is 13.6. The Morgan fingerprint density at radius 2 is 1.96 bits per heavy atom. The zero-order valence-electron chi connectivity index (χ0n) is 17.4. The lowest BCUT2D eigenvalue weighted by atomic mass is 10.1. The number of ether oxygens (including phenoxy) is 2. The first-order valence-electron chi connectivity index (χ1n) is 9.78. The topological polar surface area (TPSA) is 67.8 Å². The lowest BCUT2D eigenvalue weighted by Gasteiger charge is -2.14. The van der Waals surface area contributed by atoms with Gasteiger partial charge in [-0.15, -0.1) is 0 Å².